The fraction of sp³-hybridized carbons (Fsp3) is 0.120. The lowest BCUT2D eigenvalue weighted by molar-refractivity contribution is -0.112. The van der Waals surface area contributed by atoms with E-state index in [2.05, 4.69) is 5.32 Å². The number of anilines is 1. The van der Waals surface area contributed by atoms with Gasteiger partial charge in [-0.25, -0.2) is 0 Å². The van der Waals surface area contributed by atoms with E-state index < -0.39 is 16.0 Å². The number of amides is 1. The topological polar surface area (TPSA) is 105 Å². The van der Waals surface area contributed by atoms with Crippen LogP contribution >= 0.6 is 11.6 Å². The van der Waals surface area contributed by atoms with Crippen LogP contribution in [0.1, 0.15) is 18.1 Å². The Labute approximate surface area is 203 Å². The van der Waals surface area contributed by atoms with Crippen molar-refractivity contribution in [1.82, 2.24) is 0 Å². The van der Waals surface area contributed by atoms with E-state index >= 15 is 0 Å². The highest BCUT2D eigenvalue weighted by atomic mass is 35.5. The van der Waals surface area contributed by atoms with Gasteiger partial charge in [-0.3, -0.25) is 4.79 Å². The summed E-state index contributed by atoms with van der Waals surface area (Å²) in [6.07, 6.45) is 1.38. The summed E-state index contributed by atoms with van der Waals surface area (Å²) in [6, 6.07) is 19.0. The summed E-state index contributed by atoms with van der Waals surface area (Å²) in [7, 11) is -4.13. The van der Waals surface area contributed by atoms with Crippen molar-refractivity contribution < 1.29 is 22.1 Å². The van der Waals surface area contributed by atoms with Gasteiger partial charge in [-0.1, -0.05) is 35.4 Å². The Balaban J connectivity index is 1.86. The number of ether oxygens (including phenoxy) is 1. The fourth-order valence-corrected chi connectivity index (χ4v) is 3.94. The van der Waals surface area contributed by atoms with Gasteiger partial charge in [-0.05, 0) is 74.0 Å². The number of hydrogen-bond donors (Lipinski definition) is 1. The number of carbonyl (C=O) groups is 1. The minimum atomic E-state index is -4.13. The number of benzene rings is 3. The highest BCUT2D eigenvalue weighted by Gasteiger charge is 2.20. The molecule has 0 bridgehead atoms. The quantitative estimate of drug-likeness (QED) is 0.255. The van der Waals surface area contributed by atoms with E-state index in [0.717, 1.165) is 5.56 Å². The van der Waals surface area contributed by atoms with Crippen LogP contribution in [-0.2, 0) is 14.9 Å². The SMILES string of the molecule is CCOc1cc(/C=C(\C#N)C(=O)Nc2ccc(C)cc2)ccc1OS(=O)(=O)c1ccc(Cl)cc1. The van der Waals surface area contributed by atoms with Crippen LogP contribution < -0.4 is 14.2 Å². The van der Waals surface area contributed by atoms with Gasteiger partial charge in [0.15, 0.2) is 11.5 Å². The molecule has 0 aliphatic heterocycles. The third-order valence-corrected chi connectivity index (χ3v) is 6.06. The van der Waals surface area contributed by atoms with Crippen LogP contribution in [-0.4, -0.2) is 20.9 Å². The van der Waals surface area contributed by atoms with Gasteiger partial charge in [0.25, 0.3) is 5.91 Å². The maximum atomic E-state index is 12.6. The second kappa shape index (κ2) is 10.9. The van der Waals surface area contributed by atoms with Crippen molar-refractivity contribution in [2.24, 2.45) is 0 Å². The van der Waals surface area contributed by atoms with E-state index in [1.807, 2.05) is 25.1 Å². The first-order chi connectivity index (χ1) is 16.2. The second-order valence-electron chi connectivity index (χ2n) is 7.12. The molecule has 0 aliphatic carbocycles. The number of aryl methyl sites for hydroxylation is 1. The van der Waals surface area contributed by atoms with Gasteiger partial charge in [-0.15, -0.1) is 0 Å². The summed E-state index contributed by atoms with van der Waals surface area (Å²) < 4.78 is 36.1. The van der Waals surface area contributed by atoms with Crippen LogP contribution in [0.5, 0.6) is 11.5 Å². The Kier molecular flexibility index (Phi) is 7.95. The van der Waals surface area contributed by atoms with Gasteiger partial charge in [0.1, 0.15) is 16.5 Å². The lowest BCUT2D eigenvalue weighted by Gasteiger charge is -2.13. The number of nitriles is 1. The fourth-order valence-electron chi connectivity index (χ4n) is 2.87. The van der Waals surface area contributed by atoms with Crippen LogP contribution in [0.2, 0.25) is 5.02 Å². The predicted molar refractivity (Wildman–Crippen MR) is 130 cm³/mol. The van der Waals surface area contributed by atoms with E-state index in [4.69, 9.17) is 20.5 Å². The molecule has 1 amide bonds. The highest BCUT2D eigenvalue weighted by Crippen LogP contribution is 2.32. The zero-order valence-corrected chi connectivity index (χ0v) is 20.0. The van der Waals surface area contributed by atoms with Crippen LogP contribution in [0, 0.1) is 18.3 Å². The molecule has 174 valence electrons. The number of nitrogens with one attached hydrogen (secondary N) is 1. The Morgan fingerprint density at radius 1 is 1.06 bits per heavy atom. The third-order valence-electron chi connectivity index (χ3n) is 4.55. The van der Waals surface area contributed by atoms with Crippen LogP contribution in [0.3, 0.4) is 0 Å². The molecule has 0 saturated carbocycles. The molecule has 1 N–H and O–H groups in total. The Morgan fingerprint density at radius 2 is 1.74 bits per heavy atom. The first-order valence-corrected chi connectivity index (χ1v) is 12.0. The van der Waals surface area contributed by atoms with Crippen molar-refractivity contribution in [3.63, 3.8) is 0 Å². The molecule has 7 nitrogen and oxygen atoms in total. The van der Waals surface area contributed by atoms with Crippen molar-refractivity contribution >= 4 is 39.4 Å². The van der Waals surface area contributed by atoms with E-state index in [0.29, 0.717) is 16.3 Å². The van der Waals surface area contributed by atoms with E-state index in [1.54, 1.807) is 19.1 Å². The van der Waals surface area contributed by atoms with Gasteiger partial charge in [-0.2, -0.15) is 13.7 Å². The summed E-state index contributed by atoms with van der Waals surface area (Å²) in [5, 5.41) is 12.5. The average Bonchev–Trinajstić information content (AvgIpc) is 2.81. The predicted octanol–water partition coefficient (Wildman–Crippen LogP) is 5.36. The van der Waals surface area contributed by atoms with E-state index in [1.165, 1.54) is 48.5 Å². The summed E-state index contributed by atoms with van der Waals surface area (Å²) in [5.41, 5.74) is 1.92. The van der Waals surface area contributed by atoms with Gasteiger partial charge in [0.2, 0.25) is 0 Å². The normalized spacial score (nSPS) is 11.4. The highest BCUT2D eigenvalue weighted by molar-refractivity contribution is 7.87. The molecular weight excluding hydrogens is 476 g/mol. The molecule has 9 heteroatoms. The molecule has 3 rings (SSSR count). The van der Waals surface area contributed by atoms with Crippen LogP contribution in [0.15, 0.2) is 77.2 Å². The monoisotopic (exact) mass is 496 g/mol. The lowest BCUT2D eigenvalue weighted by Crippen LogP contribution is -2.13. The van der Waals surface area contributed by atoms with E-state index in [9.17, 15) is 18.5 Å². The molecule has 0 aliphatic rings. The smallest absolute Gasteiger partial charge is 0.339 e. The molecule has 3 aromatic rings. The first kappa shape index (κ1) is 24.8. The average molecular weight is 497 g/mol. The minimum Gasteiger partial charge on any atom is -0.490 e. The van der Waals surface area contributed by atoms with E-state index in [-0.39, 0.29) is 28.6 Å². The van der Waals surface area contributed by atoms with Crippen molar-refractivity contribution in [1.29, 1.82) is 5.26 Å². The Morgan fingerprint density at radius 3 is 2.35 bits per heavy atom. The Bertz CT molecular complexity index is 1360. The third kappa shape index (κ3) is 6.38. The molecule has 0 heterocycles. The largest absolute Gasteiger partial charge is 0.490 e. The molecule has 0 saturated heterocycles. The molecule has 0 fully saturated rings. The van der Waals surface area contributed by atoms with Crippen molar-refractivity contribution in [2.75, 3.05) is 11.9 Å². The van der Waals surface area contributed by atoms with Crippen LogP contribution in [0.25, 0.3) is 6.08 Å². The maximum Gasteiger partial charge on any atom is 0.339 e. The summed E-state index contributed by atoms with van der Waals surface area (Å²) in [6.45, 7) is 3.90. The minimum absolute atomic E-state index is 0.0310. The number of hydrogen-bond acceptors (Lipinski definition) is 6. The summed E-state index contributed by atoms with van der Waals surface area (Å²) >= 11 is 5.82. The molecule has 0 atom stereocenters. The molecule has 3 aromatic carbocycles. The van der Waals surface area contributed by atoms with Gasteiger partial charge >= 0.3 is 10.1 Å². The zero-order valence-electron chi connectivity index (χ0n) is 18.4. The summed E-state index contributed by atoms with van der Waals surface area (Å²) in [4.78, 5) is 12.5. The van der Waals surface area contributed by atoms with Gasteiger partial charge in [0.05, 0.1) is 6.61 Å². The van der Waals surface area contributed by atoms with Gasteiger partial charge < -0.3 is 14.2 Å². The standard InChI is InChI=1S/C25H21ClN2O5S/c1-3-32-24-15-18(14-19(16-27)25(29)28-21-9-4-17(2)5-10-21)6-13-23(24)33-34(30,31)22-11-7-20(26)8-12-22/h4-15H,3H2,1-2H3,(H,28,29)/b19-14+. The first-order valence-electron chi connectivity index (χ1n) is 10.2. The van der Waals surface area contributed by atoms with Crippen molar-refractivity contribution in [3.8, 4) is 17.6 Å². The maximum absolute atomic E-state index is 12.6. The molecule has 0 unspecified atom stereocenters. The number of nitrogens with zero attached hydrogens (tertiary/aromatic N) is 1. The van der Waals surface area contributed by atoms with Crippen LogP contribution in [0.4, 0.5) is 5.69 Å². The Hall–Kier alpha value is -3.80. The van der Waals surface area contributed by atoms with Crippen molar-refractivity contribution in [2.45, 2.75) is 18.7 Å². The molecule has 34 heavy (non-hydrogen) atoms. The number of carbonyl (C=O) groups excluding carboxylic acids is 1. The number of halogens is 1. The van der Waals surface area contributed by atoms with Gasteiger partial charge in [0, 0.05) is 10.7 Å². The second-order valence-corrected chi connectivity index (χ2v) is 9.10. The summed E-state index contributed by atoms with van der Waals surface area (Å²) in [5.74, 6) is -0.462. The molecule has 0 radical (unpaired) electrons. The lowest BCUT2D eigenvalue weighted by atomic mass is 10.1. The van der Waals surface area contributed by atoms with Crippen molar-refractivity contribution in [3.05, 3.63) is 88.5 Å². The number of rotatable bonds is 8. The molecule has 0 spiro atoms. The molecule has 0 aromatic heterocycles. The zero-order chi connectivity index (χ0) is 24.7. The molecular formula is C25H21ClN2O5S.